The molecule has 0 N–H and O–H groups in total. The van der Waals surface area contributed by atoms with Crippen molar-refractivity contribution >= 4 is 28.0 Å². The van der Waals surface area contributed by atoms with Crippen molar-refractivity contribution in [2.24, 2.45) is 0 Å². The van der Waals surface area contributed by atoms with Gasteiger partial charge in [-0.1, -0.05) is 19.1 Å². The van der Waals surface area contributed by atoms with Gasteiger partial charge in [0.15, 0.2) is 0 Å². The molecular formula is C19H27NO6S. The standard InChI is InChI=1S/C19H27NO6S/c1-5-8-24-12-14(2)9-16-10-17(7-6-15(16)3)20-11-18(26-19(20)21)13-25-27(4,22)23/h6-7,9-10,18H,5,8,11-13H2,1-4H3/b14-9+. The van der Waals surface area contributed by atoms with E-state index >= 15 is 0 Å². The van der Waals surface area contributed by atoms with E-state index in [9.17, 15) is 13.2 Å². The van der Waals surface area contributed by atoms with E-state index in [-0.39, 0.29) is 13.2 Å². The van der Waals surface area contributed by atoms with Gasteiger partial charge in [-0.2, -0.15) is 8.42 Å². The highest BCUT2D eigenvalue weighted by Crippen LogP contribution is 2.26. The summed E-state index contributed by atoms with van der Waals surface area (Å²) in [5.74, 6) is 0. The zero-order chi connectivity index (χ0) is 20.0. The molecular weight excluding hydrogens is 370 g/mol. The van der Waals surface area contributed by atoms with Gasteiger partial charge in [0, 0.05) is 12.3 Å². The van der Waals surface area contributed by atoms with E-state index in [0.717, 1.165) is 36.0 Å². The Hall–Kier alpha value is -1.90. The number of amides is 1. The molecule has 0 saturated carbocycles. The van der Waals surface area contributed by atoms with E-state index in [2.05, 4.69) is 6.92 Å². The molecule has 1 saturated heterocycles. The molecule has 1 fully saturated rings. The zero-order valence-electron chi connectivity index (χ0n) is 16.2. The molecule has 0 aliphatic carbocycles. The maximum Gasteiger partial charge on any atom is 0.414 e. The number of hydrogen-bond acceptors (Lipinski definition) is 6. The van der Waals surface area contributed by atoms with Crippen LogP contribution in [0.5, 0.6) is 0 Å². The number of carbonyl (C=O) groups excluding carboxylic acids is 1. The highest BCUT2D eigenvalue weighted by molar-refractivity contribution is 7.85. The maximum atomic E-state index is 12.2. The van der Waals surface area contributed by atoms with Gasteiger partial charge in [0.2, 0.25) is 0 Å². The summed E-state index contributed by atoms with van der Waals surface area (Å²) >= 11 is 0. The zero-order valence-corrected chi connectivity index (χ0v) is 17.0. The lowest BCUT2D eigenvalue weighted by Gasteiger charge is -2.15. The van der Waals surface area contributed by atoms with Gasteiger partial charge < -0.3 is 9.47 Å². The number of rotatable bonds is 9. The van der Waals surface area contributed by atoms with Crippen LogP contribution >= 0.6 is 0 Å². The lowest BCUT2D eigenvalue weighted by molar-refractivity contribution is 0.107. The van der Waals surface area contributed by atoms with Crippen LogP contribution < -0.4 is 4.90 Å². The molecule has 0 radical (unpaired) electrons. The minimum atomic E-state index is -3.58. The lowest BCUT2D eigenvalue weighted by Crippen LogP contribution is -2.26. The van der Waals surface area contributed by atoms with Gasteiger partial charge in [0.05, 0.1) is 19.4 Å². The van der Waals surface area contributed by atoms with Crippen molar-refractivity contribution in [1.29, 1.82) is 0 Å². The van der Waals surface area contributed by atoms with E-state index in [4.69, 9.17) is 13.7 Å². The highest BCUT2D eigenvalue weighted by Gasteiger charge is 2.33. The number of aryl methyl sites for hydroxylation is 1. The largest absolute Gasteiger partial charge is 0.441 e. The third-order valence-corrected chi connectivity index (χ3v) is 4.56. The molecule has 8 heteroatoms. The van der Waals surface area contributed by atoms with E-state index in [1.54, 1.807) is 0 Å². The maximum absolute atomic E-state index is 12.2. The molecule has 0 bridgehead atoms. The smallest absolute Gasteiger partial charge is 0.414 e. The Labute approximate surface area is 161 Å². The predicted octanol–water partition coefficient (Wildman–Crippen LogP) is 3.13. The summed E-state index contributed by atoms with van der Waals surface area (Å²) in [7, 11) is -3.58. The van der Waals surface area contributed by atoms with Gasteiger partial charge in [-0.3, -0.25) is 9.08 Å². The fourth-order valence-corrected chi connectivity index (χ4v) is 3.05. The quantitative estimate of drug-likeness (QED) is 0.470. The van der Waals surface area contributed by atoms with Crippen LogP contribution in [0.25, 0.3) is 6.08 Å². The molecule has 1 aromatic rings. The summed E-state index contributed by atoms with van der Waals surface area (Å²) in [5.41, 5.74) is 3.86. The van der Waals surface area contributed by atoms with Gasteiger partial charge in [-0.05, 0) is 49.1 Å². The number of anilines is 1. The summed E-state index contributed by atoms with van der Waals surface area (Å²) in [6.07, 6.45) is 2.84. The van der Waals surface area contributed by atoms with Crippen LogP contribution in [0.4, 0.5) is 10.5 Å². The number of nitrogens with zero attached hydrogens (tertiary/aromatic N) is 1. The summed E-state index contributed by atoms with van der Waals surface area (Å²) in [6.45, 7) is 7.41. The van der Waals surface area contributed by atoms with Gasteiger partial charge in [0.25, 0.3) is 10.1 Å². The molecule has 1 unspecified atom stereocenters. The average molecular weight is 397 g/mol. The van der Waals surface area contributed by atoms with Crippen LogP contribution in [0.3, 0.4) is 0 Å². The number of ether oxygens (including phenoxy) is 2. The fraction of sp³-hybridized carbons (Fsp3) is 0.526. The van der Waals surface area contributed by atoms with Gasteiger partial charge in [-0.25, -0.2) is 4.79 Å². The van der Waals surface area contributed by atoms with Crippen molar-refractivity contribution in [3.05, 3.63) is 34.9 Å². The van der Waals surface area contributed by atoms with Crippen LogP contribution in [0.2, 0.25) is 0 Å². The average Bonchev–Trinajstić information content (AvgIpc) is 2.96. The molecule has 1 aliphatic heterocycles. The first kappa shape index (κ1) is 21.4. The van der Waals surface area contributed by atoms with Crippen LogP contribution in [-0.4, -0.2) is 53.2 Å². The normalized spacial score (nSPS) is 18.1. The second kappa shape index (κ2) is 9.34. The molecule has 1 aliphatic rings. The summed E-state index contributed by atoms with van der Waals surface area (Å²) < 4.78 is 37.7. The Morgan fingerprint density at radius 2 is 2.15 bits per heavy atom. The molecule has 0 spiro atoms. The third kappa shape index (κ3) is 6.64. The SMILES string of the molecule is CCCOC/C(C)=C/c1cc(N2CC(COS(C)(=O)=O)OC2=O)ccc1C. The van der Waals surface area contributed by atoms with Crippen molar-refractivity contribution in [3.63, 3.8) is 0 Å². The van der Waals surface area contributed by atoms with Gasteiger partial charge in [-0.15, -0.1) is 0 Å². The van der Waals surface area contributed by atoms with Crippen LogP contribution in [-0.2, 0) is 23.8 Å². The first-order chi connectivity index (χ1) is 12.7. The van der Waals surface area contributed by atoms with E-state index in [1.807, 2.05) is 38.1 Å². The number of cyclic esters (lactones) is 1. The third-order valence-electron chi connectivity index (χ3n) is 4.00. The van der Waals surface area contributed by atoms with Crippen molar-refractivity contribution in [3.8, 4) is 0 Å². The second-order valence-electron chi connectivity index (χ2n) is 6.69. The lowest BCUT2D eigenvalue weighted by atomic mass is 10.0. The molecule has 1 aromatic carbocycles. The fourth-order valence-electron chi connectivity index (χ4n) is 2.65. The molecule has 2 rings (SSSR count). The van der Waals surface area contributed by atoms with E-state index < -0.39 is 22.3 Å². The molecule has 1 amide bonds. The minimum absolute atomic E-state index is 0.187. The van der Waals surface area contributed by atoms with E-state index in [0.29, 0.717) is 12.3 Å². The van der Waals surface area contributed by atoms with Crippen LogP contribution in [0, 0.1) is 6.92 Å². The Balaban J connectivity index is 2.10. The van der Waals surface area contributed by atoms with Crippen molar-refractivity contribution < 1.29 is 26.9 Å². The number of carbonyl (C=O) groups is 1. The Bertz CT molecular complexity index is 802. The first-order valence-corrected chi connectivity index (χ1v) is 10.7. The second-order valence-corrected chi connectivity index (χ2v) is 8.33. The van der Waals surface area contributed by atoms with Crippen molar-refractivity contribution in [1.82, 2.24) is 0 Å². The Morgan fingerprint density at radius 1 is 1.41 bits per heavy atom. The van der Waals surface area contributed by atoms with Crippen molar-refractivity contribution in [2.75, 3.05) is 37.5 Å². The summed E-state index contributed by atoms with van der Waals surface area (Å²) in [4.78, 5) is 13.6. The molecule has 150 valence electrons. The Morgan fingerprint density at radius 3 is 2.81 bits per heavy atom. The van der Waals surface area contributed by atoms with Crippen LogP contribution in [0.15, 0.2) is 23.8 Å². The Kier molecular flexibility index (Phi) is 7.41. The van der Waals surface area contributed by atoms with E-state index in [1.165, 1.54) is 4.90 Å². The molecule has 1 heterocycles. The topological polar surface area (TPSA) is 82.1 Å². The van der Waals surface area contributed by atoms with Gasteiger partial charge >= 0.3 is 6.09 Å². The first-order valence-electron chi connectivity index (χ1n) is 8.87. The summed E-state index contributed by atoms with van der Waals surface area (Å²) in [6, 6.07) is 5.70. The molecule has 27 heavy (non-hydrogen) atoms. The predicted molar refractivity (Wildman–Crippen MR) is 104 cm³/mol. The number of hydrogen-bond donors (Lipinski definition) is 0. The molecule has 7 nitrogen and oxygen atoms in total. The van der Waals surface area contributed by atoms with Crippen molar-refractivity contribution in [2.45, 2.75) is 33.3 Å². The monoisotopic (exact) mass is 397 g/mol. The number of benzene rings is 1. The molecule has 1 atom stereocenters. The summed E-state index contributed by atoms with van der Waals surface area (Å²) in [5, 5.41) is 0. The minimum Gasteiger partial charge on any atom is -0.441 e. The molecule has 0 aromatic heterocycles. The highest BCUT2D eigenvalue weighted by atomic mass is 32.2. The van der Waals surface area contributed by atoms with Crippen LogP contribution in [0.1, 0.15) is 31.4 Å². The van der Waals surface area contributed by atoms with Gasteiger partial charge in [0.1, 0.15) is 12.7 Å².